The van der Waals surface area contributed by atoms with Crippen molar-refractivity contribution in [3.8, 4) is 0 Å². The summed E-state index contributed by atoms with van der Waals surface area (Å²) in [5, 5.41) is 9.92. The molecule has 0 saturated heterocycles. The summed E-state index contributed by atoms with van der Waals surface area (Å²) in [7, 11) is 0. The fraction of sp³-hybridized carbons (Fsp3) is 0.200. The van der Waals surface area contributed by atoms with E-state index in [1.54, 1.807) is 23.1 Å². The first-order valence-electron chi connectivity index (χ1n) is 4.64. The van der Waals surface area contributed by atoms with Crippen molar-refractivity contribution in [3.05, 3.63) is 39.3 Å². The molecule has 0 spiro atoms. The molecule has 0 bridgehead atoms. The number of halogens is 1. The Morgan fingerprint density at radius 3 is 3.19 bits per heavy atom. The van der Waals surface area contributed by atoms with Gasteiger partial charge in [-0.1, -0.05) is 40.3 Å². The molecule has 0 saturated carbocycles. The number of hydrogen-bond acceptors (Lipinski definition) is 4. The van der Waals surface area contributed by atoms with Crippen molar-refractivity contribution in [2.45, 2.75) is 11.6 Å². The van der Waals surface area contributed by atoms with Crippen molar-refractivity contribution >= 4 is 39.0 Å². The molecule has 2 rings (SSSR count). The van der Waals surface area contributed by atoms with Gasteiger partial charge in [0, 0.05) is 17.1 Å². The number of thioether (sulfide) groups is 1. The van der Waals surface area contributed by atoms with E-state index in [2.05, 4.69) is 49.1 Å². The summed E-state index contributed by atoms with van der Waals surface area (Å²) in [5.41, 5.74) is 0. The monoisotopic (exact) mass is 315 g/mol. The third-order valence-electron chi connectivity index (χ3n) is 1.79. The van der Waals surface area contributed by atoms with Gasteiger partial charge in [0.15, 0.2) is 0 Å². The van der Waals surface area contributed by atoms with Gasteiger partial charge in [0.1, 0.15) is 5.82 Å². The lowest BCUT2D eigenvalue weighted by Gasteiger charge is -1.92. The summed E-state index contributed by atoms with van der Waals surface area (Å²) in [6, 6.07) is 4.14. The van der Waals surface area contributed by atoms with Crippen LogP contribution in [0.3, 0.4) is 0 Å². The van der Waals surface area contributed by atoms with Crippen LogP contribution in [0.25, 0.3) is 0 Å². The van der Waals surface area contributed by atoms with Gasteiger partial charge in [-0.05, 0) is 15.9 Å². The highest BCUT2D eigenvalue weighted by Gasteiger charge is 2.05. The van der Waals surface area contributed by atoms with Crippen LogP contribution in [0.15, 0.2) is 33.7 Å². The molecule has 84 valence electrons. The Bertz CT molecular complexity index is 464. The predicted octanol–water partition coefficient (Wildman–Crippen LogP) is 3.46. The summed E-state index contributed by atoms with van der Waals surface area (Å²) in [4.78, 5) is 5.69. The van der Waals surface area contributed by atoms with Crippen molar-refractivity contribution < 1.29 is 0 Å². The normalized spacial score (nSPS) is 10.6. The number of H-pyrrole nitrogens is 1. The van der Waals surface area contributed by atoms with E-state index in [9.17, 15) is 0 Å². The molecule has 0 fully saturated rings. The molecule has 0 unspecified atom stereocenters. The van der Waals surface area contributed by atoms with Crippen LogP contribution in [0.2, 0.25) is 0 Å². The van der Waals surface area contributed by atoms with Gasteiger partial charge in [-0.3, -0.25) is 5.10 Å². The zero-order valence-electron chi connectivity index (χ0n) is 8.44. The molecule has 3 nitrogen and oxygen atoms in total. The first-order chi connectivity index (χ1) is 7.74. The molecule has 1 N–H and O–H groups in total. The lowest BCUT2D eigenvalue weighted by atomic mass is 10.3. The first kappa shape index (κ1) is 11.9. The van der Waals surface area contributed by atoms with Gasteiger partial charge in [-0.25, -0.2) is 4.98 Å². The Kier molecular flexibility index (Phi) is 4.20. The summed E-state index contributed by atoms with van der Waals surface area (Å²) < 4.78 is 0.946. The van der Waals surface area contributed by atoms with Crippen LogP contribution in [0.5, 0.6) is 0 Å². The smallest absolute Gasteiger partial charge is 0.208 e. The van der Waals surface area contributed by atoms with Gasteiger partial charge in [-0.15, -0.1) is 16.4 Å². The van der Waals surface area contributed by atoms with Crippen molar-refractivity contribution in [1.82, 2.24) is 15.2 Å². The maximum atomic E-state index is 4.40. The summed E-state index contributed by atoms with van der Waals surface area (Å²) >= 11 is 6.60. The number of rotatable bonds is 5. The molecular weight excluding hydrogens is 306 g/mol. The third kappa shape index (κ3) is 3.47. The van der Waals surface area contributed by atoms with Gasteiger partial charge >= 0.3 is 0 Å². The Morgan fingerprint density at radius 1 is 1.62 bits per heavy atom. The topological polar surface area (TPSA) is 41.6 Å². The van der Waals surface area contributed by atoms with Crippen LogP contribution in [-0.2, 0) is 6.42 Å². The maximum absolute atomic E-state index is 4.40. The molecular formula is C10H10BrN3S2. The van der Waals surface area contributed by atoms with E-state index in [1.165, 1.54) is 4.88 Å². The van der Waals surface area contributed by atoms with Gasteiger partial charge in [0.25, 0.3) is 0 Å². The fourth-order valence-corrected chi connectivity index (χ4v) is 2.77. The van der Waals surface area contributed by atoms with Crippen molar-refractivity contribution in [1.29, 1.82) is 0 Å². The molecule has 0 aliphatic rings. The molecule has 0 aliphatic heterocycles. The standard InChI is InChI=1S/C10H10BrN3S2/c1-7(11)6-16-10-12-9(13-14-10)5-8-3-2-4-15-8/h2-4H,1,5-6H2,(H,12,13,14). The largest absolute Gasteiger partial charge is 0.262 e. The van der Waals surface area contributed by atoms with E-state index in [4.69, 9.17) is 0 Å². The number of thiophene rings is 1. The summed E-state index contributed by atoms with van der Waals surface area (Å²) in [6.45, 7) is 3.77. The molecule has 16 heavy (non-hydrogen) atoms. The zero-order valence-corrected chi connectivity index (χ0v) is 11.7. The molecule has 0 radical (unpaired) electrons. The van der Waals surface area contributed by atoms with Crippen LogP contribution in [-0.4, -0.2) is 20.9 Å². The van der Waals surface area contributed by atoms with Crippen LogP contribution in [0.4, 0.5) is 0 Å². The number of nitrogens with zero attached hydrogens (tertiary/aromatic N) is 2. The summed E-state index contributed by atoms with van der Waals surface area (Å²) in [5.74, 6) is 1.70. The van der Waals surface area contributed by atoms with Gasteiger partial charge < -0.3 is 0 Å². The second-order valence-corrected chi connectivity index (χ2v) is 6.22. The Morgan fingerprint density at radius 2 is 2.50 bits per heavy atom. The summed E-state index contributed by atoms with van der Waals surface area (Å²) in [6.07, 6.45) is 0.820. The highest BCUT2D eigenvalue weighted by atomic mass is 79.9. The zero-order chi connectivity index (χ0) is 11.4. The third-order valence-corrected chi connectivity index (χ3v) is 4.25. The molecule has 6 heteroatoms. The van der Waals surface area contributed by atoms with E-state index in [1.807, 2.05) is 6.07 Å². The number of aromatic nitrogens is 3. The average Bonchev–Trinajstić information content (AvgIpc) is 2.87. The van der Waals surface area contributed by atoms with Crippen LogP contribution in [0, 0.1) is 0 Å². The lowest BCUT2D eigenvalue weighted by Crippen LogP contribution is -1.87. The second-order valence-electron chi connectivity index (χ2n) is 3.13. The minimum atomic E-state index is 0.771. The highest BCUT2D eigenvalue weighted by Crippen LogP contribution is 2.19. The number of aromatic amines is 1. The quantitative estimate of drug-likeness (QED) is 0.859. The van der Waals surface area contributed by atoms with Crippen molar-refractivity contribution in [2.24, 2.45) is 0 Å². The predicted molar refractivity (Wildman–Crippen MR) is 72.3 cm³/mol. The van der Waals surface area contributed by atoms with Crippen LogP contribution >= 0.6 is 39.0 Å². The minimum Gasteiger partial charge on any atom is -0.262 e. The molecule has 0 atom stereocenters. The molecule has 0 aromatic carbocycles. The highest BCUT2D eigenvalue weighted by molar-refractivity contribution is 9.11. The second kappa shape index (κ2) is 5.65. The Hall–Kier alpha value is -0.590. The maximum Gasteiger partial charge on any atom is 0.208 e. The van der Waals surface area contributed by atoms with Gasteiger partial charge in [0.2, 0.25) is 5.16 Å². The Balaban J connectivity index is 1.94. The van der Waals surface area contributed by atoms with Crippen molar-refractivity contribution in [2.75, 3.05) is 5.75 Å². The average molecular weight is 316 g/mol. The van der Waals surface area contributed by atoms with E-state index in [-0.39, 0.29) is 0 Å². The number of nitrogens with one attached hydrogen (secondary N) is 1. The van der Waals surface area contributed by atoms with E-state index >= 15 is 0 Å². The SMILES string of the molecule is C=C(Br)CSc1n[nH]c(Cc2cccs2)n1. The first-order valence-corrected chi connectivity index (χ1v) is 7.29. The van der Waals surface area contributed by atoms with E-state index in [0.29, 0.717) is 0 Å². The Labute approximate surface area is 111 Å². The van der Waals surface area contributed by atoms with Crippen molar-refractivity contribution in [3.63, 3.8) is 0 Å². The van der Waals surface area contributed by atoms with Gasteiger partial charge in [0.05, 0.1) is 0 Å². The van der Waals surface area contributed by atoms with E-state index in [0.717, 1.165) is 27.6 Å². The molecule has 2 aromatic heterocycles. The number of hydrogen-bond donors (Lipinski definition) is 1. The molecule has 2 aromatic rings. The molecule has 0 aliphatic carbocycles. The minimum absolute atomic E-state index is 0.771. The van der Waals surface area contributed by atoms with Crippen LogP contribution in [0.1, 0.15) is 10.7 Å². The molecule has 0 amide bonds. The lowest BCUT2D eigenvalue weighted by molar-refractivity contribution is 0.961. The van der Waals surface area contributed by atoms with E-state index < -0.39 is 0 Å². The van der Waals surface area contributed by atoms with Crippen LogP contribution < -0.4 is 0 Å². The fourth-order valence-electron chi connectivity index (χ4n) is 1.14. The molecule has 2 heterocycles. The van der Waals surface area contributed by atoms with Gasteiger partial charge in [-0.2, -0.15) is 0 Å².